The average Bonchev–Trinajstić information content (AvgIpc) is 2.91. The van der Waals surface area contributed by atoms with Crippen molar-refractivity contribution in [1.29, 1.82) is 0 Å². The van der Waals surface area contributed by atoms with Crippen molar-refractivity contribution in [3.05, 3.63) is 36.0 Å². The van der Waals surface area contributed by atoms with Crippen molar-refractivity contribution in [3.63, 3.8) is 0 Å². The van der Waals surface area contributed by atoms with Gasteiger partial charge >= 0.3 is 0 Å². The Balaban J connectivity index is 2.38. The fourth-order valence-corrected chi connectivity index (χ4v) is 1.53. The Morgan fingerprint density at radius 2 is 2.12 bits per heavy atom. The molecule has 1 unspecified atom stereocenters. The van der Waals surface area contributed by atoms with Gasteiger partial charge in [0.05, 0.1) is 20.3 Å². The molecule has 0 saturated carbocycles. The summed E-state index contributed by atoms with van der Waals surface area (Å²) >= 11 is 0. The molecule has 2 aromatic rings. The molecule has 90 valence electrons. The summed E-state index contributed by atoms with van der Waals surface area (Å²) in [6.45, 7) is 0. The molecule has 0 saturated heterocycles. The minimum absolute atomic E-state index is 0.411. The van der Waals surface area contributed by atoms with Crippen LogP contribution in [0.2, 0.25) is 0 Å². The zero-order valence-corrected chi connectivity index (χ0v) is 9.58. The number of methoxy groups -OCH3 is 2. The summed E-state index contributed by atoms with van der Waals surface area (Å²) in [7, 11) is 3.16. The molecule has 6 nitrogen and oxygen atoms in total. The van der Waals surface area contributed by atoms with Crippen LogP contribution in [0.5, 0.6) is 11.5 Å². The normalized spacial score (nSPS) is 12.2. The van der Waals surface area contributed by atoms with E-state index < -0.39 is 6.04 Å². The van der Waals surface area contributed by atoms with Crippen LogP contribution in [0.4, 0.5) is 0 Å². The Bertz CT molecular complexity index is 485. The SMILES string of the molecule is COc1ccc(C(N)c2ncon2)c(OC)c1. The van der Waals surface area contributed by atoms with E-state index in [1.807, 2.05) is 6.07 Å². The fourth-order valence-electron chi connectivity index (χ4n) is 1.53. The van der Waals surface area contributed by atoms with Gasteiger partial charge in [-0.25, -0.2) is 0 Å². The third-order valence-corrected chi connectivity index (χ3v) is 2.43. The Morgan fingerprint density at radius 1 is 1.29 bits per heavy atom. The molecule has 2 N–H and O–H groups in total. The first-order valence-electron chi connectivity index (χ1n) is 5.00. The second-order valence-electron chi connectivity index (χ2n) is 3.37. The molecule has 1 aromatic carbocycles. The van der Waals surface area contributed by atoms with Gasteiger partial charge in [-0.2, -0.15) is 4.98 Å². The topological polar surface area (TPSA) is 83.4 Å². The van der Waals surface area contributed by atoms with E-state index >= 15 is 0 Å². The lowest BCUT2D eigenvalue weighted by atomic mass is 10.1. The summed E-state index contributed by atoms with van der Waals surface area (Å²) in [5.41, 5.74) is 6.80. The van der Waals surface area contributed by atoms with Gasteiger partial charge in [0.15, 0.2) is 5.82 Å². The molecule has 0 spiro atoms. The molecule has 17 heavy (non-hydrogen) atoms. The smallest absolute Gasteiger partial charge is 0.213 e. The highest BCUT2D eigenvalue weighted by atomic mass is 16.5. The first-order valence-corrected chi connectivity index (χ1v) is 5.00. The predicted octanol–water partition coefficient (Wildman–Crippen LogP) is 1.13. The maximum atomic E-state index is 6.02. The van der Waals surface area contributed by atoms with E-state index in [1.54, 1.807) is 26.4 Å². The van der Waals surface area contributed by atoms with Gasteiger partial charge in [0, 0.05) is 11.6 Å². The number of hydrogen-bond donors (Lipinski definition) is 1. The van der Waals surface area contributed by atoms with Crippen LogP contribution in [0.3, 0.4) is 0 Å². The first kappa shape index (κ1) is 11.4. The van der Waals surface area contributed by atoms with Crippen LogP contribution < -0.4 is 15.2 Å². The molecule has 1 aromatic heterocycles. The van der Waals surface area contributed by atoms with Crippen LogP contribution in [-0.4, -0.2) is 24.4 Å². The van der Waals surface area contributed by atoms with Gasteiger partial charge in [-0.1, -0.05) is 5.16 Å². The molecule has 0 amide bonds. The summed E-state index contributed by atoms with van der Waals surface area (Å²) in [6.07, 6.45) is 1.24. The van der Waals surface area contributed by atoms with Gasteiger partial charge in [-0.3, -0.25) is 0 Å². The molecule has 0 bridgehead atoms. The lowest BCUT2D eigenvalue weighted by Crippen LogP contribution is -2.14. The highest BCUT2D eigenvalue weighted by Crippen LogP contribution is 2.30. The predicted molar refractivity (Wildman–Crippen MR) is 59.9 cm³/mol. The molecule has 1 heterocycles. The number of benzene rings is 1. The molecule has 1 atom stereocenters. The number of aromatic nitrogens is 2. The summed E-state index contributed by atoms with van der Waals surface area (Å²) < 4.78 is 15.0. The summed E-state index contributed by atoms with van der Waals surface area (Å²) in [5, 5.41) is 3.71. The van der Waals surface area contributed by atoms with Gasteiger partial charge < -0.3 is 19.7 Å². The monoisotopic (exact) mass is 235 g/mol. The van der Waals surface area contributed by atoms with Crippen molar-refractivity contribution in [1.82, 2.24) is 10.1 Å². The zero-order chi connectivity index (χ0) is 12.3. The summed E-state index contributed by atoms with van der Waals surface area (Å²) in [4.78, 5) is 3.92. The minimum atomic E-state index is -0.491. The van der Waals surface area contributed by atoms with Crippen molar-refractivity contribution < 1.29 is 14.0 Å². The molecular weight excluding hydrogens is 222 g/mol. The van der Waals surface area contributed by atoms with Gasteiger partial charge in [-0.05, 0) is 12.1 Å². The maximum Gasteiger partial charge on any atom is 0.213 e. The number of rotatable bonds is 4. The molecule has 0 aliphatic rings. The second-order valence-corrected chi connectivity index (χ2v) is 3.37. The molecule has 2 rings (SSSR count). The van der Waals surface area contributed by atoms with Crippen LogP contribution in [0.25, 0.3) is 0 Å². The van der Waals surface area contributed by atoms with Crippen molar-refractivity contribution in [2.45, 2.75) is 6.04 Å². The average molecular weight is 235 g/mol. The second kappa shape index (κ2) is 4.84. The molecule has 0 aliphatic heterocycles. The van der Waals surface area contributed by atoms with E-state index in [4.69, 9.17) is 15.2 Å². The van der Waals surface area contributed by atoms with E-state index in [9.17, 15) is 0 Å². The highest BCUT2D eigenvalue weighted by Gasteiger charge is 2.18. The molecule has 0 radical (unpaired) electrons. The minimum Gasteiger partial charge on any atom is -0.497 e. The number of nitrogens with zero attached hydrogens (tertiary/aromatic N) is 2. The van der Waals surface area contributed by atoms with Crippen molar-refractivity contribution in [2.75, 3.05) is 14.2 Å². The van der Waals surface area contributed by atoms with Crippen LogP contribution in [-0.2, 0) is 0 Å². The maximum absolute atomic E-state index is 6.02. The summed E-state index contributed by atoms with van der Waals surface area (Å²) in [5.74, 6) is 1.74. The van der Waals surface area contributed by atoms with Crippen LogP contribution in [0.1, 0.15) is 17.4 Å². The third kappa shape index (κ3) is 2.21. The Labute approximate surface area is 98.3 Å². The third-order valence-electron chi connectivity index (χ3n) is 2.43. The number of ether oxygens (including phenoxy) is 2. The van der Waals surface area contributed by atoms with Gasteiger partial charge in [0.2, 0.25) is 6.39 Å². The lowest BCUT2D eigenvalue weighted by Gasteiger charge is -2.13. The number of hydrogen-bond acceptors (Lipinski definition) is 6. The Morgan fingerprint density at radius 3 is 2.71 bits per heavy atom. The molecule has 0 aliphatic carbocycles. The number of nitrogens with two attached hydrogens (primary N) is 1. The summed E-state index contributed by atoms with van der Waals surface area (Å²) in [6, 6.07) is 4.89. The van der Waals surface area contributed by atoms with E-state index in [1.165, 1.54) is 6.39 Å². The van der Waals surface area contributed by atoms with Crippen LogP contribution >= 0.6 is 0 Å². The Hall–Kier alpha value is -2.08. The van der Waals surface area contributed by atoms with Gasteiger partial charge in [0.25, 0.3) is 0 Å². The van der Waals surface area contributed by atoms with E-state index in [2.05, 4.69) is 14.7 Å². The molecular formula is C11H13N3O3. The quantitative estimate of drug-likeness (QED) is 0.855. The van der Waals surface area contributed by atoms with Crippen LogP contribution in [0, 0.1) is 0 Å². The zero-order valence-electron chi connectivity index (χ0n) is 9.58. The fraction of sp³-hybridized carbons (Fsp3) is 0.273. The standard InChI is InChI=1S/C11H13N3O3/c1-15-7-3-4-8(9(5-7)16-2)10(12)11-13-6-17-14-11/h3-6,10H,12H2,1-2H3. The Kier molecular flexibility index (Phi) is 3.24. The van der Waals surface area contributed by atoms with Gasteiger partial charge in [-0.15, -0.1) is 0 Å². The molecule has 0 fully saturated rings. The van der Waals surface area contributed by atoms with E-state index in [-0.39, 0.29) is 0 Å². The van der Waals surface area contributed by atoms with E-state index in [0.29, 0.717) is 17.3 Å². The highest BCUT2D eigenvalue weighted by molar-refractivity contribution is 5.44. The lowest BCUT2D eigenvalue weighted by molar-refractivity contribution is 0.387. The van der Waals surface area contributed by atoms with Crippen molar-refractivity contribution >= 4 is 0 Å². The molecule has 6 heteroatoms. The largest absolute Gasteiger partial charge is 0.497 e. The van der Waals surface area contributed by atoms with Gasteiger partial charge in [0.1, 0.15) is 11.5 Å². The van der Waals surface area contributed by atoms with Crippen molar-refractivity contribution in [2.24, 2.45) is 5.73 Å². The first-order chi connectivity index (χ1) is 8.26. The van der Waals surface area contributed by atoms with Crippen LogP contribution in [0.15, 0.2) is 29.1 Å². The van der Waals surface area contributed by atoms with Crippen molar-refractivity contribution in [3.8, 4) is 11.5 Å². The van der Waals surface area contributed by atoms with E-state index in [0.717, 1.165) is 5.56 Å².